The van der Waals surface area contributed by atoms with Gasteiger partial charge in [-0.2, -0.15) is 4.98 Å². The number of hydrogen-bond acceptors (Lipinski definition) is 6. The van der Waals surface area contributed by atoms with Crippen molar-refractivity contribution < 1.29 is 5.11 Å². The molecule has 1 aliphatic heterocycles. The van der Waals surface area contributed by atoms with E-state index in [0.717, 1.165) is 37.7 Å². The summed E-state index contributed by atoms with van der Waals surface area (Å²) in [5, 5.41) is 8.95. The first kappa shape index (κ1) is 15.0. The lowest BCUT2D eigenvalue weighted by molar-refractivity contribution is 0.149. The van der Waals surface area contributed by atoms with Crippen molar-refractivity contribution in [2.24, 2.45) is 5.92 Å². The molecule has 2 heterocycles. The van der Waals surface area contributed by atoms with Crippen LogP contribution in [0.4, 0.5) is 11.8 Å². The highest BCUT2D eigenvalue weighted by Crippen LogP contribution is 2.20. The standard InChI is InChI=1S/C14H25N5O/c1-11-9-13(17-14(15)16-11)18(2)10-12-3-5-19(6-4-12)7-8-20/h9,12,20H,3-8,10H2,1-2H3,(H2,15,16,17). The van der Waals surface area contributed by atoms with Crippen LogP contribution in [0.5, 0.6) is 0 Å². The molecule has 0 atom stereocenters. The van der Waals surface area contributed by atoms with E-state index in [4.69, 9.17) is 10.8 Å². The molecular formula is C14H25N5O. The number of anilines is 2. The van der Waals surface area contributed by atoms with Gasteiger partial charge >= 0.3 is 0 Å². The van der Waals surface area contributed by atoms with E-state index < -0.39 is 0 Å². The van der Waals surface area contributed by atoms with Crippen LogP contribution in [0.3, 0.4) is 0 Å². The molecule has 0 bridgehead atoms. The van der Waals surface area contributed by atoms with Crippen LogP contribution in [0.2, 0.25) is 0 Å². The van der Waals surface area contributed by atoms with Crippen LogP contribution in [0.15, 0.2) is 6.07 Å². The van der Waals surface area contributed by atoms with Gasteiger partial charge in [-0.1, -0.05) is 0 Å². The van der Waals surface area contributed by atoms with E-state index in [1.165, 1.54) is 12.8 Å². The summed E-state index contributed by atoms with van der Waals surface area (Å²) in [7, 11) is 2.06. The molecule has 20 heavy (non-hydrogen) atoms. The molecule has 0 unspecified atom stereocenters. The SMILES string of the molecule is Cc1cc(N(C)CC2CCN(CCO)CC2)nc(N)n1. The summed E-state index contributed by atoms with van der Waals surface area (Å²) in [6.45, 7) is 6.12. The largest absolute Gasteiger partial charge is 0.395 e. The van der Waals surface area contributed by atoms with Gasteiger partial charge in [0.1, 0.15) is 5.82 Å². The van der Waals surface area contributed by atoms with E-state index >= 15 is 0 Å². The number of likely N-dealkylation sites (tertiary alicyclic amines) is 1. The van der Waals surface area contributed by atoms with Gasteiger partial charge in [-0.25, -0.2) is 4.98 Å². The van der Waals surface area contributed by atoms with Gasteiger partial charge in [-0.05, 0) is 38.8 Å². The molecule has 1 aromatic heterocycles. The number of nitrogen functional groups attached to an aromatic ring is 1. The van der Waals surface area contributed by atoms with Crippen LogP contribution in [0.1, 0.15) is 18.5 Å². The number of aryl methyl sites for hydroxylation is 1. The molecule has 1 saturated heterocycles. The quantitative estimate of drug-likeness (QED) is 0.817. The van der Waals surface area contributed by atoms with Crippen LogP contribution in [-0.4, -0.2) is 59.8 Å². The monoisotopic (exact) mass is 279 g/mol. The maximum absolute atomic E-state index is 8.95. The van der Waals surface area contributed by atoms with Crippen molar-refractivity contribution in [2.75, 3.05) is 50.5 Å². The van der Waals surface area contributed by atoms with E-state index in [1.807, 2.05) is 13.0 Å². The minimum absolute atomic E-state index is 0.254. The third-order valence-electron chi connectivity index (χ3n) is 3.90. The van der Waals surface area contributed by atoms with Crippen LogP contribution in [0, 0.1) is 12.8 Å². The van der Waals surface area contributed by atoms with Gasteiger partial charge in [0.15, 0.2) is 0 Å². The summed E-state index contributed by atoms with van der Waals surface area (Å²) in [4.78, 5) is 12.9. The molecule has 0 spiro atoms. The van der Waals surface area contributed by atoms with Gasteiger partial charge < -0.3 is 20.6 Å². The lowest BCUT2D eigenvalue weighted by Gasteiger charge is -2.33. The number of β-amino-alcohol motifs (C(OH)–C–C–N with tert-alkyl or cyclic N) is 1. The Hall–Kier alpha value is -1.40. The minimum atomic E-state index is 0.254. The van der Waals surface area contributed by atoms with Crippen molar-refractivity contribution in [1.29, 1.82) is 0 Å². The maximum atomic E-state index is 8.95. The molecule has 0 radical (unpaired) electrons. The van der Waals surface area contributed by atoms with Crippen molar-refractivity contribution >= 4 is 11.8 Å². The first-order chi connectivity index (χ1) is 9.58. The number of nitrogens with two attached hydrogens (primary N) is 1. The summed E-state index contributed by atoms with van der Waals surface area (Å²) in [6, 6.07) is 1.97. The third-order valence-corrected chi connectivity index (χ3v) is 3.90. The van der Waals surface area contributed by atoms with Gasteiger partial charge in [-0.3, -0.25) is 0 Å². The molecule has 6 heteroatoms. The van der Waals surface area contributed by atoms with Crippen molar-refractivity contribution in [3.05, 3.63) is 11.8 Å². The van der Waals surface area contributed by atoms with Gasteiger partial charge in [0.2, 0.25) is 5.95 Å². The molecule has 112 valence electrons. The van der Waals surface area contributed by atoms with E-state index in [2.05, 4.69) is 26.8 Å². The zero-order chi connectivity index (χ0) is 14.5. The molecule has 0 aromatic carbocycles. The Bertz CT molecular complexity index is 411. The van der Waals surface area contributed by atoms with Crippen molar-refractivity contribution in [1.82, 2.24) is 14.9 Å². The molecule has 1 aliphatic rings. The molecule has 0 saturated carbocycles. The predicted octanol–water partition coefficient (Wildman–Crippen LogP) is 0.508. The number of piperidine rings is 1. The predicted molar refractivity (Wildman–Crippen MR) is 80.7 cm³/mol. The summed E-state index contributed by atoms with van der Waals surface area (Å²) < 4.78 is 0. The van der Waals surface area contributed by atoms with Gasteiger partial charge in [0.25, 0.3) is 0 Å². The van der Waals surface area contributed by atoms with Gasteiger partial charge in [0.05, 0.1) is 6.61 Å². The Morgan fingerprint density at radius 3 is 2.70 bits per heavy atom. The van der Waals surface area contributed by atoms with E-state index in [1.54, 1.807) is 0 Å². The van der Waals surface area contributed by atoms with E-state index in [9.17, 15) is 0 Å². The van der Waals surface area contributed by atoms with Crippen LogP contribution in [-0.2, 0) is 0 Å². The summed E-state index contributed by atoms with van der Waals surface area (Å²) >= 11 is 0. The lowest BCUT2D eigenvalue weighted by Crippen LogP contribution is -2.39. The Morgan fingerprint density at radius 1 is 1.40 bits per heavy atom. The Morgan fingerprint density at radius 2 is 2.10 bits per heavy atom. The molecular weight excluding hydrogens is 254 g/mol. The highest BCUT2D eigenvalue weighted by molar-refractivity contribution is 5.42. The average Bonchev–Trinajstić information content (AvgIpc) is 2.40. The smallest absolute Gasteiger partial charge is 0.222 e. The van der Waals surface area contributed by atoms with Gasteiger partial charge in [0, 0.05) is 31.9 Å². The molecule has 0 amide bonds. The number of hydrogen-bond donors (Lipinski definition) is 2. The zero-order valence-corrected chi connectivity index (χ0v) is 12.4. The molecule has 6 nitrogen and oxygen atoms in total. The minimum Gasteiger partial charge on any atom is -0.395 e. The second kappa shape index (κ2) is 6.85. The van der Waals surface area contributed by atoms with Crippen LogP contribution >= 0.6 is 0 Å². The highest BCUT2D eigenvalue weighted by Gasteiger charge is 2.20. The highest BCUT2D eigenvalue weighted by atomic mass is 16.3. The van der Waals surface area contributed by atoms with Crippen molar-refractivity contribution in [3.8, 4) is 0 Å². The summed E-state index contributed by atoms with van der Waals surface area (Å²) in [5.41, 5.74) is 6.60. The molecule has 0 aliphatic carbocycles. The average molecular weight is 279 g/mol. The fraction of sp³-hybridized carbons (Fsp3) is 0.714. The van der Waals surface area contributed by atoms with Gasteiger partial charge in [-0.15, -0.1) is 0 Å². The molecule has 1 aromatic rings. The zero-order valence-electron chi connectivity index (χ0n) is 12.4. The normalized spacial score (nSPS) is 17.4. The number of aliphatic hydroxyl groups excluding tert-OH is 1. The first-order valence-electron chi connectivity index (χ1n) is 7.24. The first-order valence-corrected chi connectivity index (χ1v) is 7.24. The number of aliphatic hydroxyl groups is 1. The maximum Gasteiger partial charge on any atom is 0.222 e. The Labute approximate surface area is 120 Å². The van der Waals surface area contributed by atoms with Crippen LogP contribution in [0.25, 0.3) is 0 Å². The van der Waals surface area contributed by atoms with E-state index in [-0.39, 0.29) is 6.61 Å². The summed E-state index contributed by atoms with van der Waals surface area (Å²) in [6.07, 6.45) is 2.34. The van der Waals surface area contributed by atoms with Crippen molar-refractivity contribution in [3.63, 3.8) is 0 Å². The second-order valence-electron chi connectivity index (χ2n) is 5.61. The fourth-order valence-corrected chi connectivity index (χ4v) is 2.78. The molecule has 3 N–H and O–H groups in total. The Kier molecular flexibility index (Phi) is 5.14. The third kappa shape index (κ3) is 4.05. The fourth-order valence-electron chi connectivity index (χ4n) is 2.78. The molecule has 2 rings (SSSR count). The second-order valence-corrected chi connectivity index (χ2v) is 5.61. The number of aromatic nitrogens is 2. The number of nitrogens with zero attached hydrogens (tertiary/aromatic N) is 4. The molecule has 1 fully saturated rings. The Balaban J connectivity index is 1.87. The van der Waals surface area contributed by atoms with Crippen molar-refractivity contribution in [2.45, 2.75) is 19.8 Å². The van der Waals surface area contributed by atoms with Crippen LogP contribution < -0.4 is 10.6 Å². The summed E-state index contributed by atoms with van der Waals surface area (Å²) in [5.74, 6) is 1.91. The topological polar surface area (TPSA) is 78.5 Å². The number of rotatable bonds is 5. The van der Waals surface area contributed by atoms with E-state index in [0.29, 0.717) is 11.9 Å². The lowest BCUT2D eigenvalue weighted by atomic mass is 9.96.